The predicted octanol–water partition coefficient (Wildman–Crippen LogP) is 5.73. The minimum absolute atomic E-state index is 0.137. The van der Waals surface area contributed by atoms with Crippen molar-refractivity contribution >= 4 is 11.6 Å². The Morgan fingerprint density at radius 1 is 1.11 bits per heavy atom. The molecular formula is C16H24ClF. The molecule has 0 aromatic heterocycles. The van der Waals surface area contributed by atoms with E-state index in [2.05, 4.69) is 6.92 Å². The maximum absolute atomic E-state index is 13.0. The van der Waals surface area contributed by atoms with Gasteiger partial charge in [0.25, 0.3) is 0 Å². The Labute approximate surface area is 116 Å². The molecule has 0 radical (unpaired) electrons. The number of benzene rings is 1. The van der Waals surface area contributed by atoms with Crippen LogP contribution in [0.5, 0.6) is 0 Å². The normalized spacial score (nSPS) is 12.6. The first-order chi connectivity index (χ1) is 8.72. The van der Waals surface area contributed by atoms with Crippen LogP contribution in [0, 0.1) is 5.82 Å². The van der Waals surface area contributed by atoms with E-state index in [1.54, 1.807) is 12.1 Å². The van der Waals surface area contributed by atoms with Crippen molar-refractivity contribution < 1.29 is 4.39 Å². The summed E-state index contributed by atoms with van der Waals surface area (Å²) in [5.74, 6) is -0.170. The van der Waals surface area contributed by atoms with Gasteiger partial charge in [-0.1, -0.05) is 57.6 Å². The SMILES string of the molecule is CCCCCCCCC(Cl)Cc1cccc(F)c1. The van der Waals surface area contributed by atoms with Crippen molar-refractivity contribution in [1.29, 1.82) is 0 Å². The number of unbranched alkanes of at least 4 members (excludes halogenated alkanes) is 5. The number of rotatable bonds is 9. The number of alkyl halides is 1. The van der Waals surface area contributed by atoms with Crippen molar-refractivity contribution in [2.75, 3.05) is 0 Å². The first-order valence-corrected chi connectivity index (χ1v) is 7.54. The summed E-state index contributed by atoms with van der Waals surface area (Å²) in [6.07, 6.45) is 9.55. The van der Waals surface area contributed by atoms with Crippen LogP contribution in [0.2, 0.25) is 0 Å². The average molecular weight is 271 g/mol. The van der Waals surface area contributed by atoms with Crippen molar-refractivity contribution in [3.05, 3.63) is 35.6 Å². The van der Waals surface area contributed by atoms with Crippen molar-refractivity contribution in [3.8, 4) is 0 Å². The molecule has 0 heterocycles. The molecular weight excluding hydrogens is 247 g/mol. The summed E-state index contributed by atoms with van der Waals surface area (Å²) in [6, 6.07) is 6.75. The van der Waals surface area contributed by atoms with Gasteiger partial charge in [-0.15, -0.1) is 11.6 Å². The van der Waals surface area contributed by atoms with E-state index in [1.165, 1.54) is 44.6 Å². The van der Waals surface area contributed by atoms with Crippen LogP contribution in [0.3, 0.4) is 0 Å². The Morgan fingerprint density at radius 3 is 2.56 bits per heavy atom. The fourth-order valence-corrected chi connectivity index (χ4v) is 2.50. The van der Waals surface area contributed by atoms with Crippen LogP contribution >= 0.6 is 11.6 Å². The number of hydrogen-bond donors (Lipinski definition) is 0. The Morgan fingerprint density at radius 2 is 1.83 bits per heavy atom. The topological polar surface area (TPSA) is 0 Å². The smallest absolute Gasteiger partial charge is 0.123 e. The highest BCUT2D eigenvalue weighted by Gasteiger charge is 2.06. The molecule has 0 aliphatic carbocycles. The monoisotopic (exact) mass is 270 g/mol. The van der Waals surface area contributed by atoms with E-state index in [-0.39, 0.29) is 11.2 Å². The van der Waals surface area contributed by atoms with Gasteiger partial charge in [0.05, 0.1) is 0 Å². The first kappa shape index (κ1) is 15.5. The largest absolute Gasteiger partial charge is 0.207 e. The van der Waals surface area contributed by atoms with Crippen molar-refractivity contribution in [1.82, 2.24) is 0 Å². The van der Waals surface area contributed by atoms with Crippen molar-refractivity contribution in [3.63, 3.8) is 0 Å². The summed E-state index contributed by atoms with van der Waals surface area (Å²) in [7, 11) is 0. The molecule has 0 spiro atoms. The fraction of sp³-hybridized carbons (Fsp3) is 0.625. The quantitative estimate of drug-likeness (QED) is 0.397. The molecule has 0 saturated carbocycles. The van der Waals surface area contributed by atoms with Crippen LogP contribution in [-0.2, 0) is 6.42 Å². The molecule has 18 heavy (non-hydrogen) atoms. The molecule has 0 aliphatic heterocycles. The summed E-state index contributed by atoms with van der Waals surface area (Å²) >= 11 is 6.29. The van der Waals surface area contributed by atoms with Gasteiger partial charge in [-0.25, -0.2) is 4.39 Å². The molecule has 1 rings (SSSR count). The third-order valence-electron chi connectivity index (χ3n) is 3.22. The second-order valence-corrected chi connectivity index (χ2v) is 5.60. The molecule has 1 aromatic rings. The molecule has 0 nitrogen and oxygen atoms in total. The summed E-state index contributed by atoms with van der Waals surface area (Å²) in [6.45, 7) is 2.23. The van der Waals surface area contributed by atoms with Gasteiger partial charge >= 0.3 is 0 Å². The average Bonchev–Trinajstić information content (AvgIpc) is 2.33. The van der Waals surface area contributed by atoms with Crippen LogP contribution in [-0.4, -0.2) is 5.38 Å². The van der Waals surface area contributed by atoms with Gasteiger partial charge in [-0.2, -0.15) is 0 Å². The molecule has 0 amide bonds. The number of halogens is 2. The standard InChI is InChI=1S/C16H24ClF/c1-2-3-4-5-6-7-10-15(17)12-14-9-8-11-16(18)13-14/h8-9,11,13,15H,2-7,10,12H2,1H3. The van der Waals surface area contributed by atoms with E-state index < -0.39 is 0 Å². The van der Waals surface area contributed by atoms with Gasteiger partial charge in [0.15, 0.2) is 0 Å². The van der Waals surface area contributed by atoms with Gasteiger partial charge in [-0.05, 0) is 30.5 Å². The second kappa shape index (κ2) is 9.38. The zero-order valence-electron chi connectivity index (χ0n) is 11.3. The third kappa shape index (κ3) is 7.00. The van der Waals surface area contributed by atoms with Crippen molar-refractivity contribution in [2.45, 2.75) is 63.7 Å². The molecule has 2 heteroatoms. The molecule has 0 N–H and O–H groups in total. The zero-order chi connectivity index (χ0) is 13.2. The van der Waals surface area contributed by atoms with E-state index in [9.17, 15) is 4.39 Å². The van der Waals surface area contributed by atoms with Gasteiger partial charge < -0.3 is 0 Å². The van der Waals surface area contributed by atoms with Gasteiger partial charge in [0.2, 0.25) is 0 Å². The van der Waals surface area contributed by atoms with Crippen LogP contribution in [0.1, 0.15) is 57.4 Å². The Bertz CT molecular complexity index is 325. The van der Waals surface area contributed by atoms with Crippen LogP contribution in [0.25, 0.3) is 0 Å². The van der Waals surface area contributed by atoms with Crippen LogP contribution < -0.4 is 0 Å². The summed E-state index contributed by atoms with van der Waals surface area (Å²) < 4.78 is 13.0. The molecule has 0 fully saturated rings. The van der Waals surface area contributed by atoms with Gasteiger partial charge in [0, 0.05) is 5.38 Å². The molecule has 0 aliphatic rings. The zero-order valence-corrected chi connectivity index (χ0v) is 12.1. The summed E-state index contributed by atoms with van der Waals surface area (Å²) in [5.41, 5.74) is 1.00. The van der Waals surface area contributed by atoms with Gasteiger partial charge in [0.1, 0.15) is 5.82 Å². The third-order valence-corrected chi connectivity index (χ3v) is 3.59. The maximum Gasteiger partial charge on any atom is 0.123 e. The van der Waals surface area contributed by atoms with Crippen molar-refractivity contribution in [2.24, 2.45) is 0 Å². The van der Waals surface area contributed by atoms with E-state index in [1.807, 2.05) is 6.07 Å². The van der Waals surface area contributed by atoms with Crippen LogP contribution in [0.4, 0.5) is 4.39 Å². The van der Waals surface area contributed by atoms with Gasteiger partial charge in [-0.3, -0.25) is 0 Å². The van der Waals surface area contributed by atoms with E-state index >= 15 is 0 Å². The van der Waals surface area contributed by atoms with E-state index in [4.69, 9.17) is 11.6 Å². The highest BCUT2D eigenvalue weighted by atomic mass is 35.5. The Balaban J connectivity index is 2.12. The Kier molecular flexibility index (Phi) is 8.08. The molecule has 1 atom stereocenters. The Hall–Kier alpha value is -0.560. The minimum atomic E-state index is -0.170. The summed E-state index contributed by atoms with van der Waals surface area (Å²) in [4.78, 5) is 0. The minimum Gasteiger partial charge on any atom is -0.207 e. The lowest BCUT2D eigenvalue weighted by molar-refractivity contribution is 0.577. The molecule has 102 valence electrons. The molecule has 0 saturated heterocycles. The summed E-state index contributed by atoms with van der Waals surface area (Å²) in [5, 5.41) is 0.137. The lowest BCUT2D eigenvalue weighted by Crippen LogP contribution is -2.03. The number of hydrogen-bond acceptors (Lipinski definition) is 0. The predicted molar refractivity (Wildman–Crippen MR) is 77.7 cm³/mol. The molecule has 1 unspecified atom stereocenters. The highest BCUT2D eigenvalue weighted by Crippen LogP contribution is 2.16. The maximum atomic E-state index is 13.0. The molecule has 1 aromatic carbocycles. The lowest BCUT2D eigenvalue weighted by Gasteiger charge is -2.09. The lowest BCUT2D eigenvalue weighted by atomic mass is 10.0. The van der Waals surface area contributed by atoms with E-state index in [0.29, 0.717) is 0 Å². The molecule has 0 bridgehead atoms. The van der Waals surface area contributed by atoms with Crippen LogP contribution in [0.15, 0.2) is 24.3 Å². The fourth-order valence-electron chi connectivity index (χ4n) is 2.17. The van der Waals surface area contributed by atoms with E-state index in [0.717, 1.165) is 18.4 Å². The first-order valence-electron chi connectivity index (χ1n) is 7.11. The second-order valence-electron chi connectivity index (χ2n) is 4.99. The highest BCUT2D eigenvalue weighted by molar-refractivity contribution is 6.20.